The summed E-state index contributed by atoms with van der Waals surface area (Å²) in [6.45, 7) is 4.93. The van der Waals surface area contributed by atoms with E-state index >= 15 is 0 Å². The summed E-state index contributed by atoms with van der Waals surface area (Å²) < 4.78 is 0. The molecule has 0 aliphatic carbocycles. The maximum absolute atomic E-state index is 11.5. The Morgan fingerprint density at radius 3 is 2.75 bits per heavy atom. The summed E-state index contributed by atoms with van der Waals surface area (Å²) in [5.41, 5.74) is 5.78. The second-order valence-electron chi connectivity index (χ2n) is 3.77. The second kappa shape index (κ2) is 3.90. The Morgan fingerprint density at radius 2 is 2.17 bits per heavy atom. The van der Waals surface area contributed by atoms with E-state index in [1.807, 2.05) is 4.90 Å². The van der Waals surface area contributed by atoms with Crippen LogP contribution in [0.3, 0.4) is 0 Å². The monoisotopic (exact) mass is 170 g/mol. The van der Waals surface area contributed by atoms with Crippen molar-refractivity contribution in [3.63, 3.8) is 0 Å². The largest absolute Gasteiger partial charge is 0.340 e. The van der Waals surface area contributed by atoms with Crippen LogP contribution in [-0.4, -0.2) is 29.4 Å². The average molecular weight is 170 g/mol. The van der Waals surface area contributed by atoms with Gasteiger partial charge in [0.1, 0.15) is 0 Å². The fraction of sp³-hybridized carbons (Fsp3) is 0.889. The fourth-order valence-corrected chi connectivity index (χ4v) is 1.57. The highest BCUT2D eigenvalue weighted by Crippen LogP contribution is 2.12. The molecule has 3 nitrogen and oxygen atoms in total. The zero-order valence-corrected chi connectivity index (χ0v) is 7.92. The highest BCUT2D eigenvalue weighted by atomic mass is 16.2. The first-order valence-corrected chi connectivity index (χ1v) is 4.66. The van der Waals surface area contributed by atoms with Crippen LogP contribution >= 0.6 is 0 Å². The molecule has 70 valence electrons. The Kier molecular flexibility index (Phi) is 3.09. The lowest BCUT2D eigenvalue weighted by molar-refractivity contribution is -0.132. The van der Waals surface area contributed by atoms with Gasteiger partial charge in [0.05, 0.1) is 0 Å². The molecule has 0 radical (unpaired) electrons. The molecule has 1 amide bonds. The molecule has 2 N–H and O–H groups in total. The van der Waals surface area contributed by atoms with Crippen LogP contribution < -0.4 is 5.73 Å². The summed E-state index contributed by atoms with van der Waals surface area (Å²) in [5.74, 6) is 0.262. The molecule has 0 aromatic rings. The van der Waals surface area contributed by atoms with Gasteiger partial charge in [0.15, 0.2) is 0 Å². The van der Waals surface area contributed by atoms with Crippen molar-refractivity contribution in [3.05, 3.63) is 0 Å². The van der Waals surface area contributed by atoms with Gasteiger partial charge in [-0.1, -0.05) is 0 Å². The van der Waals surface area contributed by atoms with Gasteiger partial charge in [-0.05, 0) is 26.7 Å². The first-order valence-electron chi connectivity index (χ1n) is 4.66. The zero-order valence-electron chi connectivity index (χ0n) is 7.92. The average Bonchev–Trinajstić information content (AvgIpc) is 2.14. The SMILES string of the molecule is CC(C)N1CCC(N)CCC1=O. The van der Waals surface area contributed by atoms with E-state index in [1.54, 1.807) is 0 Å². The van der Waals surface area contributed by atoms with Gasteiger partial charge >= 0.3 is 0 Å². The van der Waals surface area contributed by atoms with Crippen LogP contribution in [0.25, 0.3) is 0 Å². The summed E-state index contributed by atoms with van der Waals surface area (Å²) in [4.78, 5) is 13.4. The molecule has 1 unspecified atom stereocenters. The van der Waals surface area contributed by atoms with Gasteiger partial charge in [-0.25, -0.2) is 0 Å². The quantitative estimate of drug-likeness (QED) is 0.630. The van der Waals surface area contributed by atoms with Crippen molar-refractivity contribution in [3.8, 4) is 0 Å². The standard InChI is InChI=1S/C9H18N2O/c1-7(2)11-6-5-8(10)3-4-9(11)12/h7-8H,3-6,10H2,1-2H3. The highest BCUT2D eigenvalue weighted by Gasteiger charge is 2.21. The third-order valence-electron chi connectivity index (χ3n) is 2.41. The predicted molar refractivity (Wildman–Crippen MR) is 48.7 cm³/mol. The third kappa shape index (κ3) is 2.21. The Balaban J connectivity index is 2.56. The van der Waals surface area contributed by atoms with Crippen LogP contribution in [0.2, 0.25) is 0 Å². The molecule has 1 rings (SSSR count). The minimum atomic E-state index is 0.220. The maximum Gasteiger partial charge on any atom is 0.222 e. The molecular weight excluding hydrogens is 152 g/mol. The molecule has 12 heavy (non-hydrogen) atoms. The summed E-state index contributed by atoms with van der Waals surface area (Å²) in [6.07, 6.45) is 2.42. The topological polar surface area (TPSA) is 46.3 Å². The van der Waals surface area contributed by atoms with E-state index in [0.29, 0.717) is 12.5 Å². The van der Waals surface area contributed by atoms with Crippen molar-refractivity contribution in [2.24, 2.45) is 5.73 Å². The van der Waals surface area contributed by atoms with E-state index in [1.165, 1.54) is 0 Å². The van der Waals surface area contributed by atoms with E-state index in [4.69, 9.17) is 5.73 Å². The van der Waals surface area contributed by atoms with Crippen molar-refractivity contribution >= 4 is 5.91 Å². The molecule has 0 saturated carbocycles. The van der Waals surface area contributed by atoms with E-state index in [9.17, 15) is 4.79 Å². The molecule has 1 saturated heterocycles. The predicted octanol–water partition coefficient (Wildman–Crippen LogP) is 0.735. The molecule has 1 atom stereocenters. The molecular formula is C9H18N2O. The number of nitrogens with zero attached hydrogens (tertiary/aromatic N) is 1. The van der Waals surface area contributed by atoms with Crippen LogP contribution in [0, 0.1) is 0 Å². The first-order chi connectivity index (χ1) is 5.61. The summed E-state index contributed by atoms with van der Waals surface area (Å²) >= 11 is 0. The lowest BCUT2D eigenvalue weighted by atomic mass is 10.1. The number of carbonyl (C=O) groups excluding carboxylic acids is 1. The minimum Gasteiger partial charge on any atom is -0.340 e. The number of rotatable bonds is 1. The maximum atomic E-state index is 11.5. The third-order valence-corrected chi connectivity index (χ3v) is 2.41. The number of hydrogen-bond acceptors (Lipinski definition) is 2. The molecule has 3 heteroatoms. The highest BCUT2D eigenvalue weighted by molar-refractivity contribution is 5.76. The molecule has 0 spiro atoms. The van der Waals surface area contributed by atoms with Gasteiger partial charge in [0, 0.05) is 25.0 Å². The van der Waals surface area contributed by atoms with E-state index in [2.05, 4.69) is 13.8 Å². The van der Waals surface area contributed by atoms with Crippen molar-refractivity contribution < 1.29 is 4.79 Å². The molecule has 1 aliphatic rings. The number of hydrogen-bond donors (Lipinski definition) is 1. The number of carbonyl (C=O) groups is 1. The van der Waals surface area contributed by atoms with Gasteiger partial charge in [-0.3, -0.25) is 4.79 Å². The number of nitrogens with two attached hydrogens (primary N) is 1. The van der Waals surface area contributed by atoms with Gasteiger partial charge in [-0.2, -0.15) is 0 Å². The molecule has 1 aliphatic heterocycles. The molecule has 0 aromatic heterocycles. The van der Waals surface area contributed by atoms with Gasteiger partial charge < -0.3 is 10.6 Å². The Hall–Kier alpha value is -0.570. The minimum absolute atomic E-state index is 0.220. The van der Waals surface area contributed by atoms with Crippen molar-refractivity contribution in [2.45, 2.75) is 45.2 Å². The number of likely N-dealkylation sites (tertiary alicyclic amines) is 1. The zero-order chi connectivity index (χ0) is 9.14. The summed E-state index contributed by atoms with van der Waals surface area (Å²) in [7, 11) is 0. The van der Waals surface area contributed by atoms with E-state index in [0.717, 1.165) is 19.4 Å². The van der Waals surface area contributed by atoms with Crippen LogP contribution in [0.15, 0.2) is 0 Å². The number of amides is 1. The van der Waals surface area contributed by atoms with E-state index in [-0.39, 0.29) is 11.9 Å². The lowest BCUT2D eigenvalue weighted by Gasteiger charge is -2.24. The normalized spacial score (nSPS) is 26.2. The molecule has 1 fully saturated rings. The first kappa shape index (κ1) is 9.52. The molecule has 1 heterocycles. The lowest BCUT2D eigenvalue weighted by Crippen LogP contribution is -2.36. The van der Waals surface area contributed by atoms with Crippen molar-refractivity contribution in [2.75, 3.05) is 6.54 Å². The van der Waals surface area contributed by atoms with Crippen LogP contribution in [0.5, 0.6) is 0 Å². The van der Waals surface area contributed by atoms with Crippen LogP contribution in [0.1, 0.15) is 33.1 Å². The van der Waals surface area contributed by atoms with Gasteiger partial charge in [0.2, 0.25) is 5.91 Å². The smallest absolute Gasteiger partial charge is 0.222 e. The summed E-state index contributed by atoms with van der Waals surface area (Å²) in [6, 6.07) is 0.542. The molecule has 0 bridgehead atoms. The van der Waals surface area contributed by atoms with Gasteiger partial charge in [-0.15, -0.1) is 0 Å². The Bertz CT molecular complexity index is 168. The molecule has 0 aromatic carbocycles. The fourth-order valence-electron chi connectivity index (χ4n) is 1.57. The van der Waals surface area contributed by atoms with E-state index < -0.39 is 0 Å². The Morgan fingerprint density at radius 1 is 1.50 bits per heavy atom. The Labute approximate surface area is 73.9 Å². The van der Waals surface area contributed by atoms with Crippen molar-refractivity contribution in [1.82, 2.24) is 4.90 Å². The summed E-state index contributed by atoms with van der Waals surface area (Å²) in [5, 5.41) is 0. The van der Waals surface area contributed by atoms with Gasteiger partial charge in [0.25, 0.3) is 0 Å². The van der Waals surface area contributed by atoms with Crippen LogP contribution in [-0.2, 0) is 4.79 Å². The van der Waals surface area contributed by atoms with Crippen molar-refractivity contribution in [1.29, 1.82) is 0 Å². The van der Waals surface area contributed by atoms with Crippen LogP contribution in [0.4, 0.5) is 0 Å². The second-order valence-corrected chi connectivity index (χ2v) is 3.77.